The molecular weight excluding hydrogens is 232 g/mol. The summed E-state index contributed by atoms with van der Waals surface area (Å²) in [6.45, 7) is 1.46. The molecule has 0 heterocycles. The number of amidine groups is 1. The molecule has 1 atom stereocenters. The number of halogens is 2. The van der Waals surface area contributed by atoms with Crippen LogP contribution in [0.5, 0.6) is 0 Å². The molecule has 0 aliphatic rings. The van der Waals surface area contributed by atoms with Crippen LogP contribution in [0.15, 0.2) is 23.4 Å². The molecule has 0 bridgehead atoms. The van der Waals surface area contributed by atoms with Crippen molar-refractivity contribution < 1.29 is 18.8 Å². The summed E-state index contributed by atoms with van der Waals surface area (Å²) in [5, 5.41) is 13.4. The zero-order chi connectivity index (χ0) is 13.0. The summed E-state index contributed by atoms with van der Waals surface area (Å²) < 4.78 is 25.7. The Bertz CT molecular complexity index is 443. The minimum absolute atomic E-state index is 0.180. The molecule has 0 saturated heterocycles. The van der Waals surface area contributed by atoms with Gasteiger partial charge in [-0.15, -0.1) is 0 Å². The predicted octanol–water partition coefficient (Wildman–Crippen LogP) is 0.830. The van der Waals surface area contributed by atoms with Crippen molar-refractivity contribution in [3.63, 3.8) is 0 Å². The Hall–Kier alpha value is -2.18. The van der Waals surface area contributed by atoms with Gasteiger partial charge in [-0.05, 0) is 19.1 Å². The second kappa shape index (κ2) is 5.24. The Kier molecular flexibility index (Phi) is 3.97. The zero-order valence-corrected chi connectivity index (χ0v) is 8.95. The van der Waals surface area contributed by atoms with Crippen molar-refractivity contribution >= 4 is 11.7 Å². The lowest BCUT2D eigenvalue weighted by molar-refractivity contribution is 0.0947. The lowest BCUT2D eigenvalue weighted by Gasteiger charge is -2.12. The highest BCUT2D eigenvalue weighted by Crippen LogP contribution is 2.08. The predicted molar refractivity (Wildman–Crippen MR) is 56.7 cm³/mol. The van der Waals surface area contributed by atoms with Crippen molar-refractivity contribution in [3.8, 4) is 0 Å². The van der Waals surface area contributed by atoms with Crippen LogP contribution in [0.25, 0.3) is 0 Å². The second-order valence-electron chi connectivity index (χ2n) is 3.38. The molecule has 0 aromatic heterocycles. The topological polar surface area (TPSA) is 87.7 Å². The fourth-order valence-electron chi connectivity index (χ4n) is 1.13. The molecule has 4 N–H and O–H groups in total. The smallest absolute Gasteiger partial charge is 0.252 e. The van der Waals surface area contributed by atoms with Gasteiger partial charge in [0, 0.05) is 11.6 Å². The zero-order valence-electron chi connectivity index (χ0n) is 8.95. The maximum atomic E-state index is 12.8. The lowest BCUT2D eigenvalue weighted by atomic mass is 10.2. The molecule has 1 aromatic carbocycles. The van der Waals surface area contributed by atoms with Gasteiger partial charge in [0.05, 0.1) is 6.04 Å². The van der Waals surface area contributed by atoms with E-state index in [9.17, 15) is 13.6 Å². The molecule has 0 radical (unpaired) electrons. The molecule has 1 amide bonds. The molecule has 0 fully saturated rings. The molecule has 7 heteroatoms. The normalized spacial score (nSPS) is 13.2. The first kappa shape index (κ1) is 12.9. The number of rotatable bonds is 3. The number of nitrogens with two attached hydrogens (primary N) is 1. The number of nitrogens with zero attached hydrogens (tertiary/aromatic N) is 1. The SMILES string of the molecule is CC(NC(=O)c1cc(F)cc(F)c1)/C(N)=N/O. The number of oxime groups is 1. The van der Waals surface area contributed by atoms with E-state index in [4.69, 9.17) is 10.9 Å². The highest BCUT2D eigenvalue weighted by atomic mass is 19.1. The first-order valence-electron chi connectivity index (χ1n) is 4.68. The Morgan fingerprint density at radius 3 is 2.41 bits per heavy atom. The monoisotopic (exact) mass is 243 g/mol. The summed E-state index contributed by atoms with van der Waals surface area (Å²) >= 11 is 0. The van der Waals surface area contributed by atoms with E-state index in [1.54, 1.807) is 0 Å². The van der Waals surface area contributed by atoms with Crippen molar-refractivity contribution in [2.24, 2.45) is 10.9 Å². The number of benzene rings is 1. The van der Waals surface area contributed by atoms with Crippen LogP contribution in [0.2, 0.25) is 0 Å². The van der Waals surface area contributed by atoms with Crippen LogP contribution < -0.4 is 11.1 Å². The van der Waals surface area contributed by atoms with Crippen molar-refractivity contribution in [2.45, 2.75) is 13.0 Å². The van der Waals surface area contributed by atoms with Gasteiger partial charge in [-0.3, -0.25) is 4.79 Å². The summed E-state index contributed by atoms with van der Waals surface area (Å²) in [5.74, 6) is -2.64. The third kappa shape index (κ3) is 3.40. The fourth-order valence-corrected chi connectivity index (χ4v) is 1.13. The summed E-state index contributed by atoms with van der Waals surface area (Å²) in [6, 6.07) is 1.68. The van der Waals surface area contributed by atoms with Crippen LogP contribution in [0.1, 0.15) is 17.3 Å². The van der Waals surface area contributed by atoms with Gasteiger partial charge in [0.15, 0.2) is 5.84 Å². The fraction of sp³-hybridized carbons (Fsp3) is 0.200. The second-order valence-corrected chi connectivity index (χ2v) is 3.38. The van der Waals surface area contributed by atoms with Gasteiger partial charge in [0.2, 0.25) is 0 Å². The van der Waals surface area contributed by atoms with E-state index in [0.29, 0.717) is 6.07 Å². The van der Waals surface area contributed by atoms with E-state index in [2.05, 4.69) is 10.5 Å². The van der Waals surface area contributed by atoms with E-state index < -0.39 is 23.6 Å². The number of carbonyl (C=O) groups is 1. The number of hydrogen-bond acceptors (Lipinski definition) is 3. The van der Waals surface area contributed by atoms with Gasteiger partial charge in [-0.25, -0.2) is 8.78 Å². The third-order valence-electron chi connectivity index (χ3n) is 2.03. The van der Waals surface area contributed by atoms with Crippen LogP contribution in [0.4, 0.5) is 8.78 Å². The van der Waals surface area contributed by atoms with Crippen molar-refractivity contribution in [1.29, 1.82) is 0 Å². The van der Waals surface area contributed by atoms with E-state index >= 15 is 0 Å². The van der Waals surface area contributed by atoms with Gasteiger partial charge < -0.3 is 16.3 Å². The highest BCUT2D eigenvalue weighted by molar-refractivity contribution is 5.98. The molecule has 1 unspecified atom stereocenters. The van der Waals surface area contributed by atoms with Gasteiger partial charge in [-0.1, -0.05) is 5.16 Å². The highest BCUT2D eigenvalue weighted by Gasteiger charge is 2.14. The standard InChI is InChI=1S/C10H11F2N3O2/c1-5(9(13)15-17)14-10(16)6-2-7(11)4-8(12)3-6/h2-5,17H,1H3,(H2,13,15)(H,14,16). The minimum Gasteiger partial charge on any atom is -0.409 e. The quantitative estimate of drug-likeness (QED) is 0.318. The molecule has 5 nitrogen and oxygen atoms in total. The molecule has 17 heavy (non-hydrogen) atoms. The molecule has 0 aliphatic carbocycles. The average Bonchev–Trinajstić information content (AvgIpc) is 2.26. The van der Waals surface area contributed by atoms with E-state index in [-0.39, 0.29) is 11.4 Å². The van der Waals surface area contributed by atoms with E-state index in [1.165, 1.54) is 6.92 Å². The number of amides is 1. The molecule has 1 aromatic rings. The summed E-state index contributed by atoms with van der Waals surface area (Å²) in [7, 11) is 0. The van der Waals surface area contributed by atoms with E-state index in [1.807, 2.05) is 0 Å². The first-order valence-corrected chi connectivity index (χ1v) is 4.68. The maximum absolute atomic E-state index is 12.8. The number of hydrogen-bond donors (Lipinski definition) is 3. The largest absolute Gasteiger partial charge is 0.409 e. The third-order valence-corrected chi connectivity index (χ3v) is 2.03. The van der Waals surface area contributed by atoms with Crippen LogP contribution in [-0.4, -0.2) is 23.0 Å². The van der Waals surface area contributed by atoms with Crippen LogP contribution in [0, 0.1) is 11.6 Å². The summed E-state index contributed by atoms with van der Waals surface area (Å²) in [6.07, 6.45) is 0. The van der Waals surface area contributed by atoms with Crippen LogP contribution in [0.3, 0.4) is 0 Å². The van der Waals surface area contributed by atoms with Gasteiger partial charge in [-0.2, -0.15) is 0 Å². The maximum Gasteiger partial charge on any atom is 0.252 e. The summed E-state index contributed by atoms with van der Waals surface area (Å²) in [5.41, 5.74) is 5.06. The van der Waals surface area contributed by atoms with Gasteiger partial charge in [0.25, 0.3) is 5.91 Å². The average molecular weight is 243 g/mol. The van der Waals surface area contributed by atoms with Crippen molar-refractivity contribution in [3.05, 3.63) is 35.4 Å². The molecule has 1 rings (SSSR count). The number of carbonyl (C=O) groups excluding carboxylic acids is 1. The van der Waals surface area contributed by atoms with Gasteiger partial charge in [0.1, 0.15) is 11.6 Å². The molecular formula is C10H11F2N3O2. The van der Waals surface area contributed by atoms with E-state index in [0.717, 1.165) is 12.1 Å². The van der Waals surface area contributed by atoms with Crippen molar-refractivity contribution in [2.75, 3.05) is 0 Å². The van der Waals surface area contributed by atoms with Crippen LogP contribution in [-0.2, 0) is 0 Å². The Balaban J connectivity index is 2.83. The Morgan fingerprint density at radius 2 is 1.94 bits per heavy atom. The first-order chi connectivity index (χ1) is 7.93. The number of nitrogens with one attached hydrogen (secondary N) is 1. The molecule has 0 saturated carbocycles. The summed E-state index contributed by atoms with van der Waals surface area (Å²) in [4.78, 5) is 11.5. The van der Waals surface area contributed by atoms with Crippen molar-refractivity contribution in [1.82, 2.24) is 5.32 Å². The van der Waals surface area contributed by atoms with Gasteiger partial charge >= 0.3 is 0 Å². The lowest BCUT2D eigenvalue weighted by Crippen LogP contribution is -2.42. The molecule has 0 aliphatic heterocycles. The van der Waals surface area contributed by atoms with Crippen LogP contribution >= 0.6 is 0 Å². The Morgan fingerprint density at radius 1 is 1.41 bits per heavy atom. The minimum atomic E-state index is -0.855. The molecule has 92 valence electrons. The molecule has 0 spiro atoms. The Labute approximate surface area is 95.9 Å².